The number of anilines is 4. The molecule has 0 saturated carbocycles. The van der Waals surface area contributed by atoms with Crippen LogP contribution >= 0.6 is 0 Å². The first-order valence-electron chi connectivity index (χ1n) is 7.33. The van der Waals surface area contributed by atoms with E-state index in [1.54, 1.807) is 28.9 Å². The van der Waals surface area contributed by atoms with Crippen molar-refractivity contribution in [2.24, 2.45) is 0 Å². The van der Waals surface area contributed by atoms with Crippen LogP contribution in [0.5, 0.6) is 0 Å². The van der Waals surface area contributed by atoms with Gasteiger partial charge < -0.3 is 20.4 Å². The van der Waals surface area contributed by atoms with Gasteiger partial charge in [0.1, 0.15) is 11.5 Å². The number of nitrogens with one attached hydrogen (secondary N) is 2. The molecule has 2 aromatic rings. The predicted molar refractivity (Wildman–Crippen MR) is 94.5 cm³/mol. The monoisotopic (exact) mass is 332 g/mol. The van der Waals surface area contributed by atoms with Gasteiger partial charge in [-0.3, -0.25) is 0 Å². The summed E-state index contributed by atoms with van der Waals surface area (Å²) >= 11 is 0. The fourth-order valence-corrected chi connectivity index (χ4v) is 1.96. The Kier molecular flexibility index (Phi) is 5.18. The molecule has 2 rings (SSSR count). The number of hydrogen-bond acceptors (Lipinski definition) is 5. The van der Waals surface area contributed by atoms with Crippen LogP contribution in [0, 0.1) is 12.7 Å². The van der Waals surface area contributed by atoms with Crippen molar-refractivity contribution in [2.45, 2.75) is 6.92 Å². The summed E-state index contributed by atoms with van der Waals surface area (Å²) in [6.07, 6.45) is 1.53. The first-order chi connectivity index (χ1) is 11.3. The normalized spacial score (nSPS) is 10.2. The fraction of sp³-hybridized carbons (Fsp3) is 0.312. The van der Waals surface area contributed by atoms with Crippen molar-refractivity contribution < 1.29 is 9.18 Å². The molecular formula is C16H21FN6O. The molecule has 1 aromatic heterocycles. The number of carbonyl (C=O) groups excluding carboxylic acids is 1. The average molecular weight is 332 g/mol. The maximum atomic E-state index is 13.5. The summed E-state index contributed by atoms with van der Waals surface area (Å²) in [4.78, 5) is 24.3. The molecule has 0 unspecified atom stereocenters. The van der Waals surface area contributed by atoms with E-state index in [1.165, 1.54) is 12.3 Å². The Morgan fingerprint density at radius 2 is 1.83 bits per heavy atom. The maximum Gasteiger partial charge on any atom is 0.323 e. The van der Waals surface area contributed by atoms with E-state index < -0.39 is 6.03 Å². The molecule has 1 heterocycles. The zero-order valence-corrected chi connectivity index (χ0v) is 14.4. The van der Waals surface area contributed by atoms with Crippen LogP contribution in [0.2, 0.25) is 0 Å². The minimum absolute atomic E-state index is 0.368. The smallest absolute Gasteiger partial charge is 0.323 e. The highest BCUT2D eigenvalue weighted by molar-refractivity contribution is 6.01. The van der Waals surface area contributed by atoms with E-state index in [4.69, 9.17) is 0 Å². The number of aromatic nitrogens is 2. The number of urea groups is 1. The average Bonchev–Trinajstić information content (AvgIpc) is 2.50. The number of rotatable bonds is 4. The topological polar surface area (TPSA) is 73.4 Å². The van der Waals surface area contributed by atoms with Crippen LogP contribution in [0.3, 0.4) is 0 Å². The molecule has 2 N–H and O–H groups in total. The quantitative estimate of drug-likeness (QED) is 0.900. The van der Waals surface area contributed by atoms with Crippen molar-refractivity contribution in [3.05, 3.63) is 35.8 Å². The van der Waals surface area contributed by atoms with Crippen molar-refractivity contribution >= 4 is 29.2 Å². The molecule has 0 radical (unpaired) electrons. The molecule has 0 saturated heterocycles. The zero-order valence-electron chi connectivity index (χ0n) is 14.4. The van der Waals surface area contributed by atoms with Gasteiger partial charge in [0, 0.05) is 33.9 Å². The van der Waals surface area contributed by atoms with Gasteiger partial charge in [0.15, 0.2) is 5.82 Å². The number of carbonyl (C=O) groups is 1. The van der Waals surface area contributed by atoms with Crippen LogP contribution in [-0.4, -0.2) is 44.2 Å². The van der Waals surface area contributed by atoms with Crippen molar-refractivity contribution in [3.8, 4) is 0 Å². The molecule has 2 amide bonds. The van der Waals surface area contributed by atoms with E-state index >= 15 is 0 Å². The Morgan fingerprint density at radius 1 is 1.12 bits per heavy atom. The van der Waals surface area contributed by atoms with Gasteiger partial charge in [-0.05, 0) is 24.6 Å². The van der Waals surface area contributed by atoms with Gasteiger partial charge in [-0.25, -0.2) is 14.2 Å². The summed E-state index contributed by atoms with van der Waals surface area (Å²) in [6, 6.07) is 4.01. The van der Waals surface area contributed by atoms with E-state index in [0.717, 1.165) is 0 Å². The molecule has 0 bridgehead atoms. The first kappa shape index (κ1) is 17.5. The maximum absolute atomic E-state index is 13.5. The van der Waals surface area contributed by atoms with Gasteiger partial charge in [-0.2, -0.15) is 4.98 Å². The lowest BCUT2D eigenvalue weighted by Gasteiger charge is -2.19. The van der Waals surface area contributed by atoms with Gasteiger partial charge in [0.25, 0.3) is 0 Å². The molecule has 0 aliphatic rings. The standard InChI is InChI=1S/C16H21FN6O/c1-10-6-7-11(8-12(10)17)19-16(24)20-13-9-18-15(23(4)5)21-14(13)22(2)3/h6-9H,1-5H3,(H2,19,20,24). The van der Waals surface area contributed by atoms with Crippen LogP contribution in [0.1, 0.15) is 5.56 Å². The zero-order chi connectivity index (χ0) is 17.9. The molecule has 0 atom stereocenters. The fourth-order valence-electron chi connectivity index (χ4n) is 1.96. The van der Waals surface area contributed by atoms with Crippen LogP contribution in [0.15, 0.2) is 24.4 Å². The van der Waals surface area contributed by atoms with Crippen LogP contribution in [0.4, 0.5) is 32.3 Å². The molecule has 1 aromatic carbocycles. The highest BCUT2D eigenvalue weighted by Gasteiger charge is 2.13. The second kappa shape index (κ2) is 7.12. The number of nitrogens with zero attached hydrogens (tertiary/aromatic N) is 4. The molecular weight excluding hydrogens is 311 g/mol. The molecule has 0 aliphatic heterocycles. The molecule has 0 fully saturated rings. The minimum Gasteiger partial charge on any atom is -0.361 e. The minimum atomic E-state index is -0.498. The highest BCUT2D eigenvalue weighted by atomic mass is 19.1. The lowest BCUT2D eigenvalue weighted by molar-refractivity contribution is 0.262. The lowest BCUT2D eigenvalue weighted by Crippen LogP contribution is -2.23. The van der Waals surface area contributed by atoms with Gasteiger partial charge in [0.2, 0.25) is 5.95 Å². The van der Waals surface area contributed by atoms with E-state index in [-0.39, 0.29) is 5.82 Å². The van der Waals surface area contributed by atoms with Gasteiger partial charge in [-0.1, -0.05) is 6.07 Å². The Balaban J connectivity index is 2.17. The number of amides is 2. The van der Waals surface area contributed by atoms with Crippen molar-refractivity contribution in [2.75, 3.05) is 48.6 Å². The van der Waals surface area contributed by atoms with E-state index in [0.29, 0.717) is 28.7 Å². The largest absolute Gasteiger partial charge is 0.361 e. The molecule has 7 nitrogen and oxygen atoms in total. The molecule has 128 valence electrons. The summed E-state index contributed by atoms with van der Waals surface area (Å²) in [6.45, 7) is 1.66. The van der Waals surface area contributed by atoms with E-state index in [9.17, 15) is 9.18 Å². The molecule has 24 heavy (non-hydrogen) atoms. The Labute approximate surface area is 140 Å². The van der Waals surface area contributed by atoms with Gasteiger partial charge in [-0.15, -0.1) is 0 Å². The van der Waals surface area contributed by atoms with Crippen molar-refractivity contribution in [3.63, 3.8) is 0 Å². The number of halogens is 1. The first-order valence-corrected chi connectivity index (χ1v) is 7.33. The number of benzene rings is 1. The van der Waals surface area contributed by atoms with Gasteiger partial charge in [0.05, 0.1) is 6.20 Å². The van der Waals surface area contributed by atoms with Crippen LogP contribution < -0.4 is 20.4 Å². The summed E-state index contributed by atoms with van der Waals surface area (Å²) in [5.41, 5.74) is 1.34. The van der Waals surface area contributed by atoms with Crippen LogP contribution in [0.25, 0.3) is 0 Å². The summed E-state index contributed by atoms with van der Waals surface area (Å²) < 4.78 is 13.5. The third kappa shape index (κ3) is 4.09. The third-order valence-electron chi connectivity index (χ3n) is 3.26. The Morgan fingerprint density at radius 3 is 2.42 bits per heavy atom. The SMILES string of the molecule is Cc1ccc(NC(=O)Nc2cnc(N(C)C)nc2N(C)C)cc1F. The predicted octanol–water partition coefficient (Wildman–Crippen LogP) is 2.70. The highest BCUT2D eigenvalue weighted by Crippen LogP contribution is 2.23. The van der Waals surface area contributed by atoms with Gasteiger partial charge >= 0.3 is 6.03 Å². The lowest BCUT2D eigenvalue weighted by atomic mass is 10.2. The third-order valence-corrected chi connectivity index (χ3v) is 3.26. The van der Waals surface area contributed by atoms with Crippen LogP contribution in [-0.2, 0) is 0 Å². The molecule has 0 aliphatic carbocycles. The summed E-state index contributed by atoms with van der Waals surface area (Å²) in [5, 5.41) is 5.27. The van der Waals surface area contributed by atoms with E-state index in [1.807, 2.05) is 28.2 Å². The van der Waals surface area contributed by atoms with Crippen molar-refractivity contribution in [1.29, 1.82) is 0 Å². The number of aryl methyl sites for hydroxylation is 1. The summed E-state index contributed by atoms with van der Waals surface area (Å²) in [5.74, 6) is 0.727. The second-order valence-electron chi connectivity index (χ2n) is 5.74. The van der Waals surface area contributed by atoms with E-state index in [2.05, 4.69) is 20.6 Å². The Bertz CT molecular complexity index is 747. The van der Waals surface area contributed by atoms with Crippen molar-refractivity contribution in [1.82, 2.24) is 9.97 Å². The molecule has 8 heteroatoms. The summed E-state index contributed by atoms with van der Waals surface area (Å²) in [7, 11) is 7.31. The molecule has 0 spiro atoms. The number of hydrogen-bond donors (Lipinski definition) is 2. The Hall–Kier alpha value is -2.90. The second-order valence-corrected chi connectivity index (χ2v) is 5.74.